The van der Waals surface area contributed by atoms with Gasteiger partial charge in [-0.3, -0.25) is 0 Å². The third-order valence-corrected chi connectivity index (χ3v) is 3.23. The van der Waals surface area contributed by atoms with Gasteiger partial charge in [0, 0.05) is 0 Å². The van der Waals surface area contributed by atoms with Gasteiger partial charge in [0.05, 0.1) is 0 Å². The molecule has 3 rings (SSSR count). The number of hydrogen-bond acceptors (Lipinski definition) is 0. The molecule has 2 radical (unpaired) electrons. The minimum Gasteiger partial charge on any atom is -0.0622 e. The molecule has 0 bridgehead atoms. The minimum atomic E-state index is 0.793. The van der Waals surface area contributed by atoms with Crippen molar-refractivity contribution in [3.63, 3.8) is 0 Å². The molecule has 0 amide bonds. The summed E-state index contributed by atoms with van der Waals surface area (Å²) in [4.78, 5) is 0. The molecule has 3 aromatic carbocycles. The van der Waals surface area contributed by atoms with Crippen molar-refractivity contribution in [2.75, 3.05) is 0 Å². The number of hydrogen-bond donors (Lipinski definition) is 0. The Bertz CT molecular complexity index is 664. The van der Waals surface area contributed by atoms with Crippen molar-refractivity contribution in [1.82, 2.24) is 0 Å². The Hall–Kier alpha value is -2.34. The third-order valence-electron chi connectivity index (χ3n) is 3.23. The van der Waals surface area contributed by atoms with E-state index in [0.717, 1.165) is 5.56 Å². The van der Waals surface area contributed by atoms with E-state index in [4.69, 9.17) is 6.92 Å². The van der Waals surface area contributed by atoms with E-state index in [1.807, 2.05) is 18.2 Å². The summed E-state index contributed by atoms with van der Waals surface area (Å²) in [6.07, 6.45) is 0. The monoisotopic (exact) mass is 242 g/mol. The summed E-state index contributed by atoms with van der Waals surface area (Å²) in [6, 6.07) is 26.9. The Labute approximate surface area is 114 Å². The summed E-state index contributed by atoms with van der Waals surface area (Å²) in [5.74, 6) is 0. The van der Waals surface area contributed by atoms with Crippen molar-refractivity contribution in [2.24, 2.45) is 0 Å². The molecule has 0 saturated heterocycles. The lowest BCUT2D eigenvalue weighted by Gasteiger charge is -2.10. The van der Waals surface area contributed by atoms with E-state index in [9.17, 15) is 0 Å². The molecule has 0 fully saturated rings. The van der Waals surface area contributed by atoms with Crippen molar-refractivity contribution in [1.29, 1.82) is 0 Å². The molecule has 0 heterocycles. The van der Waals surface area contributed by atoms with Crippen molar-refractivity contribution in [2.45, 2.75) is 0 Å². The van der Waals surface area contributed by atoms with Gasteiger partial charge in [-0.1, -0.05) is 78.9 Å². The van der Waals surface area contributed by atoms with Crippen LogP contribution in [0.15, 0.2) is 78.9 Å². The van der Waals surface area contributed by atoms with Gasteiger partial charge in [-0.25, -0.2) is 0 Å². The van der Waals surface area contributed by atoms with E-state index in [-0.39, 0.29) is 0 Å². The third kappa shape index (κ3) is 2.43. The van der Waals surface area contributed by atoms with Crippen LogP contribution in [0.25, 0.3) is 22.3 Å². The van der Waals surface area contributed by atoms with Gasteiger partial charge in [0.1, 0.15) is 0 Å². The van der Waals surface area contributed by atoms with Gasteiger partial charge < -0.3 is 0 Å². The topological polar surface area (TPSA) is 0 Å². The average Bonchev–Trinajstić information content (AvgIpc) is 2.49. The number of rotatable bonds is 2. The molecule has 0 aliphatic rings. The Balaban J connectivity index is 2.15. The highest BCUT2D eigenvalue weighted by molar-refractivity contribution is 5.83. The van der Waals surface area contributed by atoms with Crippen molar-refractivity contribution in [3.05, 3.63) is 91.3 Å². The predicted octanol–water partition coefficient (Wildman–Crippen LogP) is 5.08. The van der Waals surface area contributed by atoms with Gasteiger partial charge in [-0.05, 0) is 34.7 Å². The van der Waals surface area contributed by atoms with Crippen LogP contribution in [0, 0.1) is 6.92 Å². The summed E-state index contributed by atoms with van der Waals surface area (Å²) >= 11 is 0. The smallest absolute Gasteiger partial charge is 0.00120 e. The van der Waals surface area contributed by atoms with E-state index in [1.54, 1.807) is 0 Å². The molecule has 0 heteroatoms. The Kier molecular flexibility index (Phi) is 3.16. The van der Waals surface area contributed by atoms with Gasteiger partial charge in [-0.15, -0.1) is 0 Å². The Morgan fingerprint density at radius 3 is 1.53 bits per heavy atom. The normalized spacial score (nSPS) is 10.4. The molecule has 0 atom stereocenters. The van der Waals surface area contributed by atoms with Crippen LogP contribution in [-0.4, -0.2) is 0 Å². The SMILES string of the molecule is [CH]c1ccc(-c2ccccc2-c2ccccc2)cc1. The average molecular weight is 242 g/mol. The van der Waals surface area contributed by atoms with Crippen molar-refractivity contribution >= 4 is 0 Å². The van der Waals surface area contributed by atoms with E-state index in [1.165, 1.54) is 22.3 Å². The maximum absolute atomic E-state index is 5.75. The first-order valence-electron chi connectivity index (χ1n) is 6.35. The first kappa shape index (κ1) is 11.7. The summed E-state index contributed by atoms with van der Waals surface area (Å²) < 4.78 is 0. The lowest BCUT2D eigenvalue weighted by molar-refractivity contribution is 1.56. The maximum atomic E-state index is 5.75. The maximum Gasteiger partial charge on any atom is -0.00120 e. The van der Waals surface area contributed by atoms with E-state index in [0.29, 0.717) is 0 Å². The molecule has 0 aromatic heterocycles. The molecule has 0 spiro atoms. The van der Waals surface area contributed by atoms with E-state index < -0.39 is 0 Å². The molecular weight excluding hydrogens is 228 g/mol. The molecular formula is C19H14. The molecule has 19 heavy (non-hydrogen) atoms. The van der Waals surface area contributed by atoms with Gasteiger partial charge in [0.2, 0.25) is 0 Å². The van der Waals surface area contributed by atoms with E-state index in [2.05, 4.69) is 60.7 Å². The van der Waals surface area contributed by atoms with Gasteiger partial charge in [0.15, 0.2) is 0 Å². The van der Waals surface area contributed by atoms with Crippen LogP contribution in [0.5, 0.6) is 0 Å². The zero-order valence-electron chi connectivity index (χ0n) is 10.6. The standard InChI is InChI=1S/C19H14/c1-15-11-13-17(14-12-15)19-10-6-5-9-18(19)16-7-3-2-4-8-16/h1-14H. The van der Waals surface area contributed by atoms with Crippen molar-refractivity contribution in [3.8, 4) is 22.3 Å². The molecule has 3 aromatic rings. The van der Waals surface area contributed by atoms with Gasteiger partial charge >= 0.3 is 0 Å². The largest absolute Gasteiger partial charge is 0.0622 e. The quantitative estimate of drug-likeness (QED) is 0.588. The fourth-order valence-electron chi connectivity index (χ4n) is 2.27. The molecule has 0 aliphatic heterocycles. The summed E-state index contributed by atoms with van der Waals surface area (Å²) in [5, 5.41) is 0. The molecule has 0 aliphatic carbocycles. The van der Waals surface area contributed by atoms with Crippen molar-refractivity contribution < 1.29 is 0 Å². The zero-order chi connectivity index (χ0) is 13.1. The molecule has 90 valence electrons. The van der Waals surface area contributed by atoms with Crippen LogP contribution in [0.2, 0.25) is 0 Å². The second-order valence-corrected chi connectivity index (χ2v) is 4.53. The molecule has 0 unspecified atom stereocenters. The first-order valence-corrected chi connectivity index (χ1v) is 6.35. The van der Waals surface area contributed by atoms with Crippen LogP contribution in [0.1, 0.15) is 5.56 Å². The predicted molar refractivity (Wildman–Crippen MR) is 80.7 cm³/mol. The summed E-state index contributed by atoms with van der Waals surface area (Å²) in [6.45, 7) is 5.75. The zero-order valence-corrected chi connectivity index (χ0v) is 10.6. The van der Waals surface area contributed by atoms with Crippen LogP contribution in [0.4, 0.5) is 0 Å². The van der Waals surface area contributed by atoms with Crippen LogP contribution in [-0.2, 0) is 0 Å². The summed E-state index contributed by atoms with van der Waals surface area (Å²) in [5.41, 5.74) is 5.69. The fraction of sp³-hybridized carbons (Fsp3) is 0. The second-order valence-electron chi connectivity index (χ2n) is 4.53. The van der Waals surface area contributed by atoms with Gasteiger partial charge in [-0.2, -0.15) is 0 Å². The first-order chi connectivity index (χ1) is 9.34. The Morgan fingerprint density at radius 2 is 0.947 bits per heavy atom. The van der Waals surface area contributed by atoms with E-state index >= 15 is 0 Å². The van der Waals surface area contributed by atoms with Crippen LogP contribution >= 0.6 is 0 Å². The highest BCUT2D eigenvalue weighted by Crippen LogP contribution is 2.31. The van der Waals surface area contributed by atoms with Crippen LogP contribution < -0.4 is 0 Å². The van der Waals surface area contributed by atoms with Gasteiger partial charge in [0.25, 0.3) is 0 Å². The molecule has 0 nitrogen and oxygen atoms in total. The number of benzene rings is 3. The van der Waals surface area contributed by atoms with Crippen LogP contribution in [0.3, 0.4) is 0 Å². The lowest BCUT2D eigenvalue weighted by atomic mass is 9.94. The minimum absolute atomic E-state index is 0.793. The fourth-order valence-corrected chi connectivity index (χ4v) is 2.27. The lowest BCUT2D eigenvalue weighted by Crippen LogP contribution is -1.84. The molecule has 0 N–H and O–H groups in total. The summed E-state index contributed by atoms with van der Waals surface area (Å²) in [7, 11) is 0. The second kappa shape index (κ2) is 5.11. The highest BCUT2D eigenvalue weighted by atomic mass is 14.1. The highest BCUT2D eigenvalue weighted by Gasteiger charge is 2.05. The molecule has 0 saturated carbocycles. The Morgan fingerprint density at radius 1 is 0.474 bits per heavy atom.